The second kappa shape index (κ2) is 9.14. The molecule has 0 aliphatic carbocycles. The summed E-state index contributed by atoms with van der Waals surface area (Å²) in [7, 11) is 0. The quantitative estimate of drug-likeness (QED) is 0.550. The molecule has 9 nitrogen and oxygen atoms in total. The lowest BCUT2D eigenvalue weighted by molar-refractivity contribution is -0.139. The van der Waals surface area contributed by atoms with Crippen molar-refractivity contribution < 1.29 is 29.3 Å². The maximum atomic E-state index is 12.3. The van der Waals surface area contributed by atoms with Crippen molar-refractivity contribution in [3.63, 3.8) is 0 Å². The molecule has 1 aromatic rings. The van der Waals surface area contributed by atoms with Crippen molar-refractivity contribution in [1.29, 1.82) is 0 Å². The number of ether oxygens (including phenoxy) is 2. The average Bonchev–Trinajstić information content (AvgIpc) is 2.95. The number of morpholine rings is 1. The smallest absolute Gasteiger partial charge is 0.319 e. The summed E-state index contributed by atoms with van der Waals surface area (Å²) >= 11 is 0. The van der Waals surface area contributed by atoms with Gasteiger partial charge in [-0.1, -0.05) is 18.2 Å². The predicted octanol–water partition coefficient (Wildman–Crippen LogP) is -0.454. The van der Waals surface area contributed by atoms with Gasteiger partial charge in [-0.3, -0.25) is 4.79 Å². The zero-order chi connectivity index (χ0) is 19.2. The van der Waals surface area contributed by atoms with Gasteiger partial charge in [-0.15, -0.1) is 0 Å². The van der Waals surface area contributed by atoms with Crippen LogP contribution in [0, 0.1) is 0 Å². The van der Waals surface area contributed by atoms with E-state index >= 15 is 0 Å². The third-order valence-corrected chi connectivity index (χ3v) is 4.70. The molecule has 0 aromatic heterocycles. The van der Waals surface area contributed by atoms with E-state index in [0.717, 1.165) is 0 Å². The first-order valence-electron chi connectivity index (χ1n) is 9.01. The van der Waals surface area contributed by atoms with Gasteiger partial charge in [0.2, 0.25) is 5.91 Å². The predicted molar refractivity (Wildman–Crippen MR) is 96.2 cm³/mol. The molecule has 0 unspecified atom stereocenters. The molecule has 2 saturated heterocycles. The first kappa shape index (κ1) is 19.6. The number of carbonyl (C=O) groups is 2. The van der Waals surface area contributed by atoms with E-state index in [2.05, 4.69) is 10.6 Å². The first-order chi connectivity index (χ1) is 13.0. The van der Waals surface area contributed by atoms with Crippen molar-refractivity contribution in [1.82, 2.24) is 10.2 Å². The Hall–Kier alpha value is -2.20. The maximum Gasteiger partial charge on any atom is 0.319 e. The van der Waals surface area contributed by atoms with Gasteiger partial charge in [-0.25, -0.2) is 4.79 Å². The molecule has 2 fully saturated rings. The number of benzene rings is 1. The fourth-order valence-corrected chi connectivity index (χ4v) is 3.17. The Balaban J connectivity index is 1.46. The number of urea groups is 1. The molecule has 148 valence electrons. The van der Waals surface area contributed by atoms with E-state index in [0.29, 0.717) is 32.0 Å². The summed E-state index contributed by atoms with van der Waals surface area (Å²) in [5.41, 5.74) is 0.636. The van der Waals surface area contributed by atoms with E-state index < -0.39 is 30.4 Å². The molecule has 2 aliphatic rings. The van der Waals surface area contributed by atoms with Gasteiger partial charge in [0.25, 0.3) is 0 Å². The number of rotatable bonds is 5. The second-order valence-corrected chi connectivity index (χ2v) is 6.59. The molecule has 4 atom stereocenters. The van der Waals surface area contributed by atoms with Crippen molar-refractivity contribution in [2.45, 2.75) is 30.8 Å². The van der Waals surface area contributed by atoms with Crippen LogP contribution in [-0.4, -0.2) is 84.3 Å². The number of para-hydroxylation sites is 1. The van der Waals surface area contributed by atoms with E-state index in [1.807, 2.05) is 6.07 Å². The fraction of sp³-hybridized carbons (Fsp3) is 0.556. The normalized spacial score (nSPS) is 28.0. The van der Waals surface area contributed by atoms with Crippen LogP contribution in [0.2, 0.25) is 0 Å². The summed E-state index contributed by atoms with van der Waals surface area (Å²) in [5.74, 6) is -0.148. The molecule has 2 aliphatic heterocycles. The van der Waals surface area contributed by atoms with Crippen LogP contribution >= 0.6 is 0 Å². The summed E-state index contributed by atoms with van der Waals surface area (Å²) in [6.07, 6.45) is -3.97. The Bertz CT molecular complexity index is 637. The minimum absolute atomic E-state index is 0.0130. The van der Waals surface area contributed by atoms with Crippen LogP contribution in [0.4, 0.5) is 10.5 Å². The van der Waals surface area contributed by atoms with Crippen molar-refractivity contribution in [3.8, 4) is 0 Å². The van der Waals surface area contributed by atoms with E-state index in [9.17, 15) is 19.8 Å². The highest BCUT2D eigenvalue weighted by molar-refractivity contribution is 5.89. The third-order valence-electron chi connectivity index (χ3n) is 4.70. The molecule has 4 N–H and O–H groups in total. The molecule has 0 spiro atoms. The van der Waals surface area contributed by atoms with Gasteiger partial charge in [0.1, 0.15) is 18.3 Å². The van der Waals surface area contributed by atoms with Crippen LogP contribution in [0.5, 0.6) is 0 Å². The molecule has 2 heterocycles. The Kier molecular flexibility index (Phi) is 6.62. The number of hydrogen-bond acceptors (Lipinski definition) is 6. The minimum Gasteiger partial charge on any atom is -0.388 e. The highest BCUT2D eigenvalue weighted by Crippen LogP contribution is 2.24. The number of anilines is 1. The van der Waals surface area contributed by atoms with Gasteiger partial charge >= 0.3 is 6.03 Å². The fourth-order valence-electron chi connectivity index (χ4n) is 3.17. The summed E-state index contributed by atoms with van der Waals surface area (Å²) in [6, 6.07) is 8.48. The van der Waals surface area contributed by atoms with Crippen molar-refractivity contribution in [3.05, 3.63) is 30.3 Å². The minimum atomic E-state index is -1.18. The van der Waals surface area contributed by atoms with E-state index in [1.165, 1.54) is 0 Å². The zero-order valence-corrected chi connectivity index (χ0v) is 14.9. The van der Waals surface area contributed by atoms with Crippen LogP contribution < -0.4 is 10.6 Å². The standard InChI is InChI=1S/C18H25N3O6/c22-15(21-6-8-26-9-7-21)10-13-16(23)17(24)14(27-13)11-19-18(25)20-12-4-2-1-3-5-12/h1-5,13-14,16-17,23-24H,6-11H2,(H2,19,20,25)/t13-,14-,16-,17+/m0/s1. The third kappa shape index (κ3) is 5.16. The SMILES string of the molecule is O=C(NC[C@@H]1O[C@@H](CC(=O)N2CCOCC2)[C@H](O)[C@@H]1O)Nc1ccccc1. The number of aliphatic hydroxyl groups is 2. The average molecular weight is 379 g/mol. The van der Waals surface area contributed by atoms with Gasteiger partial charge in [-0.2, -0.15) is 0 Å². The molecule has 9 heteroatoms. The van der Waals surface area contributed by atoms with Crippen LogP contribution in [0.25, 0.3) is 0 Å². The Morgan fingerprint density at radius 1 is 1.07 bits per heavy atom. The number of nitrogens with zero attached hydrogens (tertiary/aromatic N) is 1. The highest BCUT2D eigenvalue weighted by atomic mass is 16.5. The van der Waals surface area contributed by atoms with Crippen molar-refractivity contribution in [2.24, 2.45) is 0 Å². The molecule has 27 heavy (non-hydrogen) atoms. The topological polar surface area (TPSA) is 120 Å². The molecular weight excluding hydrogens is 354 g/mol. The molecular formula is C18H25N3O6. The van der Waals surface area contributed by atoms with Crippen LogP contribution in [0.15, 0.2) is 30.3 Å². The highest BCUT2D eigenvalue weighted by Gasteiger charge is 2.43. The number of carbonyl (C=O) groups excluding carboxylic acids is 2. The van der Waals surface area contributed by atoms with Gasteiger partial charge in [0.05, 0.1) is 25.7 Å². The number of hydrogen-bond donors (Lipinski definition) is 4. The molecule has 0 saturated carbocycles. The monoisotopic (exact) mass is 379 g/mol. The van der Waals surface area contributed by atoms with Gasteiger partial charge < -0.3 is 35.2 Å². The number of nitrogens with one attached hydrogen (secondary N) is 2. The summed E-state index contributed by atoms with van der Waals surface area (Å²) in [5, 5.41) is 25.6. The van der Waals surface area contributed by atoms with Gasteiger partial charge in [-0.05, 0) is 12.1 Å². The number of aliphatic hydroxyl groups excluding tert-OH is 2. The molecule has 0 radical (unpaired) electrons. The van der Waals surface area contributed by atoms with E-state index in [4.69, 9.17) is 9.47 Å². The number of amides is 3. The molecule has 3 amide bonds. The largest absolute Gasteiger partial charge is 0.388 e. The van der Waals surface area contributed by atoms with Gasteiger partial charge in [0, 0.05) is 25.3 Å². The molecule has 1 aromatic carbocycles. The summed E-state index contributed by atoms with van der Waals surface area (Å²) < 4.78 is 10.8. The molecule has 0 bridgehead atoms. The van der Waals surface area contributed by atoms with E-state index in [-0.39, 0.29) is 18.9 Å². The van der Waals surface area contributed by atoms with Crippen LogP contribution in [0.1, 0.15) is 6.42 Å². The zero-order valence-electron chi connectivity index (χ0n) is 14.9. The van der Waals surface area contributed by atoms with Crippen LogP contribution in [0.3, 0.4) is 0 Å². The first-order valence-corrected chi connectivity index (χ1v) is 9.01. The van der Waals surface area contributed by atoms with Crippen molar-refractivity contribution in [2.75, 3.05) is 38.2 Å². The summed E-state index contributed by atoms with van der Waals surface area (Å²) in [4.78, 5) is 25.9. The lowest BCUT2D eigenvalue weighted by Gasteiger charge is -2.28. The Labute approximate surface area is 157 Å². The van der Waals surface area contributed by atoms with Crippen LogP contribution in [-0.2, 0) is 14.3 Å². The van der Waals surface area contributed by atoms with Gasteiger partial charge in [0.15, 0.2) is 0 Å². The molecule has 3 rings (SSSR count). The lowest BCUT2D eigenvalue weighted by Crippen LogP contribution is -2.43. The second-order valence-electron chi connectivity index (χ2n) is 6.59. The summed E-state index contributed by atoms with van der Waals surface area (Å²) in [6.45, 7) is 2.01. The maximum absolute atomic E-state index is 12.3. The Morgan fingerprint density at radius 3 is 2.44 bits per heavy atom. The van der Waals surface area contributed by atoms with E-state index in [1.54, 1.807) is 29.2 Å². The Morgan fingerprint density at radius 2 is 1.74 bits per heavy atom. The lowest BCUT2D eigenvalue weighted by atomic mass is 10.0. The van der Waals surface area contributed by atoms with Crippen molar-refractivity contribution >= 4 is 17.6 Å².